The average Bonchev–Trinajstić information content (AvgIpc) is 2.97. The van der Waals surface area contributed by atoms with Crippen molar-refractivity contribution in [1.82, 2.24) is 9.88 Å². The van der Waals surface area contributed by atoms with Crippen LogP contribution in [0.5, 0.6) is 0 Å². The number of nitrogens with one attached hydrogen (secondary N) is 1. The fourth-order valence-electron chi connectivity index (χ4n) is 1.98. The number of carbonyl (C=O) groups is 1. The second-order valence-corrected chi connectivity index (χ2v) is 6.70. The SMILES string of the molecule is CN(C)CCCOC(=O)Nc1oc(-c2cc(Cl)cc(Cl)c2Cl)nc1C#N. The fourth-order valence-corrected chi connectivity index (χ4v) is 2.67. The van der Waals surface area contributed by atoms with Crippen molar-refractivity contribution in [2.75, 3.05) is 32.6 Å². The van der Waals surface area contributed by atoms with Crippen molar-refractivity contribution < 1.29 is 13.9 Å². The summed E-state index contributed by atoms with van der Waals surface area (Å²) in [7, 11) is 3.84. The van der Waals surface area contributed by atoms with Gasteiger partial charge in [-0.3, -0.25) is 5.32 Å². The molecule has 2 rings (SSSR count). The van der Waals surface area contributed by atoms with Gasteiger partial charge >= 0.3 is 6.09 Å². The van der Waals surface area contributed by atoms with Crippen LogP contribution in [0.25, 0.3) is 11.5 Å². The molecule has 7 nitrogen and oxygen atoms in total. The van der Waals surface area contributed by atoms with E-state index in [4.69, 9.17) is 44.0 Å². The molecule has 26 heavy (non-hydrogen) atoms. The zero-order chi connectivity index (χ0) is 19.3. The van der Waals surface area contributed by atoms with Crippen molar-refractivity contribution in [2.45, 2.75) is 6.42 Å². The summed E-state index contributed by atoms with van der Waals surface area (Å²) < 4.78 is 10.5. The molecular formula is C16H15Cl3N4O3. The van der Waals surface area contributed by atoms with E-state index >= 15 is 0 Å². The Morgan fingerprint density at radius 2 is 2.12 bits per heavy atom. The van der Waals surface area contributed by atoms with Crippen LogP contribution in [0.15, 0.2) is 16.5 Å². The molecule has 1 N–H and O–H groups in total. The molecule has 0 radical (unpaired) electrons. The van der Waals surface area contributed by atoms with E-state index in [1.54, 1.807) is 0 Å². The van der Waals surface area contributed by atoms with Gasteiger partial charge in [0.05, 0.1) is 22.2 Å². The number of rotatable bonds is 6. The number of anilines is 1. The smallest absolute Gasteiger partial charge is 0.414 e. The molecule has 0 spiro atoms. The number of aromatic nitrogens is 1. The number of hydrogen-bond acceptors (Lipinski definition) is 6. The molecule has 0 atom stereocenters. The molecule has 138 valence electrons. The highest BCUT2D eigenvalue weighted by Gasteiger charge is 2.20. The lowest BCUT2D eigenvalue weighted by Gasteiger charge is -2.09. The fraction of sp³-hybridized carbons (Fsp3) is 0.312. The molecule has 0 aliphatic heterocycles. The van der Waals surface area contributed by atoms with E-state index in [-0.39, 0.29) is 34.1 Å². The van der Waals surface area contributed by atoms with E-state index in [0.29, 0.717) is 17.0 Å². The minimum absolute atomic E-state index is 0.00106. The molecule has 0 saturated heterocycles. The van der Waals surface area contributed by atoms with Crippen LogP contribution in [0.4, 0.5) is 10.7 Å². The molecule has 1 heterocycles. The molecule has 0 aliphatic carbocycles. The van der Waals surface area contributed by atoms with Crippen molar-refractivity contribution in [3.05, 3.63) is 32.9 Å². The zero-order valence-corrected chi connectivity index (χ0v) is 16.2. The average molecular weight is 418 g/mol. The summed E-state index contributed by atoms with van der Waals surface area (Å²) >= 11 is 18.1. The summed E-state index contributed by atoms with van der Waals surface area (Å²) in [6.07, 6.45) is -0.0812. The number of ether oxygens (including phenoxy) is 1. The van der Waals surface area contributed by atoms with Gasteiger partial charge in [0, 0.05) is 11.6 Å². The van der Waals surface area contributed by atoms with E-state index in [9.17, 15) is 10.1 Å². The zero-order valence-electron chi connectivity index (χ0n) is 14.0. The van der Waals surface area contributed by atoms with E-state index in [2.05, 4.69) is 10.3 Å². The molecule has 1 aromatic heterocycles. The van der Waals surface area contributed by atoms with E-state index in [1.807, 2.05) is 25.1 Å². The molecule has 0 saturated carbocycles. The normalized spacial score (nSPS) is 10.7. The predicted octanol–water partition coefficient (Wildman–Crippen LogP) is 4.67. The van der Waals surface area contributed by atoms with Crippen LogP contribution in [-0.2, 0) is 4.74 Å². The Bertz CT molecular complexity index is 846. The third-order valence-electron chi connectivity index (χ3n) is 3.15. The third kappa shape index (κ3) is 5.26. The van der Waals surface area contributed by atoms with Crippen LogP contribution in [0.1, 0.15) is 12.1 Å². The van der Waals surface area contributed by atoms with Crippen molar-refractivity contribution >= 4 is 46.8 Å². The van der Waals surface area contributed by atoms with Gasteiger partial charge in [0.25, 0.3) is 0 Å². The quantitative estimate of drug-likeness (QED) is 0.542. The van der Waals surface area contributed by atoms with Crippen molar-refractivity contribution in [2.24, 2.45) is 0 Å². The lowest BCUT2D eigenvalue weighted by molar-refractivity contribution is 0.156. The minimum atomic E-state index is -0.752. The summed E-state index contributed by atoms with van der Waals surface area (Å²) in [6.45, 7) is 1.000. The van der Waals surface area contributed by atoms with Gasteiger partial charge in [-0.25, -0.2) is 4.79 Å². The third-order valence-corrected chi connectivity index (χ3v) is 4.18. The van der Waals surface area contributed by atoms with Gasteiger partial charge in [-0.2, -0.15) is 10.2 Å². The van der Waals surface area contributed by atoms with Crippen LogP contribution in [0.2, 0.25) is 15.1 Å². The molecular weight excluding hydrogens is 403 g/mol. The second-order valence-electron chi connectivity index (χ2n) is 5.48. The molecule has 0 unspecified atom stereocenters. The Balaban J connectivity index is 2.14. The van der Waals surface area contributed by atoms with Crippen LogP contribution in [0, 0.1) is 11.3 Å². The van der Waals surface area contributed by atoms with Gasteiger partial charge in [0.15, 0.2) is 0 Å². The summed E-state index contributed by atoms with van der Waals surface area (Å²) in [4.78, 5) is 17.8. The Kier molecular flexibility index (Phi) is 7.12. The second kappa shape index (κ2) is 9.10. The van der Waals surface area contributed by atoms with Crippen LogP contribution < -0.4 is 5.32 Å². The number of nitriles is 1. The molecule has 0 aliphatic rings. The van der Waals surface area contributed by atoms with Crippen LogP contribution in [-0.4, -0.2) is 43.2 Å². The standard InChI is InChI=1S/C16H15Cl3N4O3/c1-23(2)4-3-5-25-16(24)22-15-12(8-20)21-14(26-15)10-6-9(17)7-11(18)13(10)19/h6-7H,3-5H2,1-2H3,(H,22,24). The van der Waals surface area contributed by atoms with Gasteiger partial charge < -0.3 is 14.1 Å². The molecule has 1 aromatic carbocycles. The van der Waals surface area contributed by atoms with Crippen molar-refractivity contribution in [3.63, 3.8) is 0 Å². The Hall–Kier alpha value is -1.98. The molecule has 10 heteroatoms. The summed E-state index contributed by atoms with van der Waals surface area (Å²) in [5, 5.41) is 12.2. The Morgan fingerprint density at radius 1 is 1.38 bits per heavy atom. The van der Waals surface area contributed by atoms with Gasteiger partial charge in [-0.15, -0.1) is 0 Å². The maximum Gasteiger partial charge on any atom is 0.414 e. The van der Waals surface area contributed by atoms with Crippen LogP contribution >= 0.6 is 34.8 Å². The number of hydrogen-bond donors (Lipinski definition) is 1. The molecule has 0 bridgehead atoms. The highest BCUT2D eigenvalue weighted by atomic mass is 35.5. The molecule has 1 amide bonds. The number of amides is 1. The van der Waals surface area contributed by atoms with Gasteiger partial charge in [0.1, 0.15) is 6.07 Å². The maximum atomic E-state index is 11.8. The predicted molar refractivity (Wildman–Crippen MR) is 99.8 cm³/mol. The minimum Gasteiger partial charge on any atom is -0.449 e. The number of benzene rings is 1. The summed E-state index contributed by atoms with van der Waals surface area (Å²) in [5.74, 6) is -0.147. The number of carbonyl (C=O) groups excluding carboxylic acids is 1. The number of halogens is 3. The number of nitrogens with zero attached hydrogens (tertiary/aromatic N) is 3. The Labute approximate surface area is 165 Å². The number of oxazole rings is 1. The van der Waals surface area contributed by atoms with E-state index < -0.39 is 6.09 Å². The van der Waals surface area contributed by atoms with E-state index in [1.165, 1.54) is 12.1 Å². The first kappa shape index (κ1) is 20.3. The largest absolute Gasteiger partial charge is 0.449 e. The molecule has 2 aromatic rings. The van der Waals surface area contributed by atoms with Gasteiger partial charge in [-0.1, -0.05) is 34.8 Å². The summed E-state index contributed by atoms with van der Waals surface area (Å²) in [6, 6.07) is 4.79. The highest BCUT2D eigenvalue weighted by Crippen LogP contribution is 2.37. The van der Waals surface area contributed by atoms with Crippen molar-refractivity contribution in [1.29, 1.82) is 5.26 Å². The maximum absolute atomic E-state index is 11.8. The topological polar surface area (TPSA) is 91.4 Å². The monoisotopic (exact) mass is 416 g/mol. The van der Waals surface area contributed by atoms with Crippen LogP contribution in [0.3, 0.4) is 0 Å². The van der Waals surface area contributed by atoms with Crippen molar-refractivity contribution in [3.8, 4) is 17.5 Å². The lowest BCUT2D eigenvalue weighted by atomic mass is 10.2. The van der Waals surface area contributed by atoms with Gasteiger partial charge in [-0.05, 0) is 32.6 Å². The first-order valence-corrected chi connectivity index (χ1v) is 8.59. The van der Waals surface area contributed by atoms with E-state index in [0.717, 1.165) is 6.54 Å². The Morgan fingerprint density at radius 3 is 2.77 bits per heavy atom. The lowest BCUT2D eigenvalue weighted by Crippen LogP contribution is -2.18. The highest BCUT2D eigenvalue weighted by molar-refractivity contribution is 6.44. The first-order valence-electron chi connectivity index (χ1n) is 7.46. The molecule has 0 fully saturated rings. The van der Waals surface area contributed by atoms with Gasteiger partial charge in [0.2, 0.25) is 17.5 Å². The first-order chi connectivity index (χ1) is 12.3. The summed E-state index contributed by atoms with van der Waals surface area (Å²) in [5.41, 5.74) is 0.172.